The highest BCUT2D eigenvalue weighted by Gasteiger charge is 2.45. The molecule has 88 valence electrons. The van der Waals surface area contributed by atoms with Gasteiger partial charge in [0.15, 0.2) is 0 Å². The van der Waals surface area contributed by atoms with Gasteiger partial charge < -0.3 is 9.53 Å². The summed E-state index contributed by atoms with van der Waals surface area (Å²) in [4.78, 5) is 11.3. The van der Waals surface area contributed by atoms with E-state index in [2.05, 4.69) is 18.2 Å². The Morgan fingerprint density at radius 3 is 2.76 bits per heavy atom. The third-order valence-electron chi connectivity index (χ3n) is 4.18. The average molecular weight is 228 g/mol. The van der Waals surface area contributed by atoms with Crippen molar-refractivity contribution in [2.24, 2.45) is 17.8 Å². The smallest absolute Gasteiger partial charge is 0.124 e. The number of aldehydes is 1. The van der Waals surface area contributed by atoms with Crippen LogP contribution >= 0.6 is 0 Å². The first-order valence-electron chi connectivity index (χ1n) is 6.11. The molecule has 2 aliphatic carbocycles. The lowest BCUT2D eigenvalue weighted by Gasteiger charge is -2.25. The van der Waals surface area contributed by atoms with Crippen LogP contribution in [0, 0.1) is 17.8 Å². The van der Waals surface area contributed by atoms with Gasteiger partial charge in [-0.15, -0.1) is 0 Å². The molecular formula is C15H16O2. The van der Waals surface area contributed by atoms with Crippen LogP contribution in [-0.4, -0.2) is 13.4 Å². The third kappa shape index (κ3) is 1.51. The molecule has 17 heavy (non-hydrogen) atoms. The van der Waals surface area contributed by atoms with Gasteiger partial charge in [-0.3, -0.25) is 0 Å². The number of fused-ring (bicyclic) bond motifs is 2. The summed E-state index contributed by atoms with van der Waals surface area (Å²) in [6.45, 7) is 0. The molecule has 0 spiro atoms. The van der Waals surface area contributed by atoms with E-state index in [1.54, 1.807) is 7.11 Å². The lowest BCUT2D eigenvalue weighted by molar-refractivity contribution is -0.112. The molecule has 2 nitrogen and oxygen atoms in total. The first-order chi connectivity index (χ1) is 8.35. The van der Waals surface area contributed by atoms with Gasteiger partial charge in [-0.2, -0.15) is 0 Å². The molecule has 0 radical (unpaired) electrons. The Morgan fingerprint density at radius 2 is 2.00 bits per heavy atom. The maximum Gasteiger partial charge on any atom is 0.124 e. The van der Waals surface area contributed by atoms with Crippen LogP contribution in [0.5, 0.6) is 5.75 Å². The van der Waals surface area contributed by atoms with Gasteiger partial charge in [0.05, 0.1) is 7.11 Å². The molecule has 1 aromatic rings. The van der Waals surface area contributed by atoms with E-state index < -0.39 is 0 Å². The Labute approximate surface area is 101 Å². The molecule has 2 heteroatoms. The van der Waals surface area contributed by atoms with E-state index in [4.69, 9.17) is 4.74 Å². The fourth-order valence-corrected chi connectivity index (χ4v) is 3.43. The fraction of sp³-hybridized carbons (Fsp3) is 0.400. The highest BCUT2D eigenvalue weighted by Crippen LogP contribution is 2.53. The van der Waals surface area contributed by atoms with Crippen molar-refractivity contribution in [2.45, 2.75) is 12.3 Å². The molecule has 2 aliphatic rings. The zero-order valence-corrected chi connectivity index (χ0v) is 9.87. The molecule has 0 saturated heterocycles. The Kier molecular flexibility index (Phi) is 2.50. The summed E-state index contributed by atoms with van der Waals surface area (Å²) in [5.74, 6) is 2.28. The molecule has 4 atom stereocenters. The Hall–Kier alpha value is -1.57. The first kappa shape index (κ1) is 10.6. The fourth-order valence-electron chi connectivity index (χ4n) is 3.43. The Morgan fingerprint density at radius 1 is 1.24 bits per heavy atom. The Bertz CT molecular complexity index is 464. The van der Waals surface area contributed by atoms with Crippen LogP contribution in [0.25, 0.3) is 0 Å². The largest absolute Gasteiger partial charge is 0.496 e. The van der Waals surface area contributed by atoms with Gasteiger partial charge in [0.1, 0.15) is 12.0 Å². The first-order valence-corrected chi connectivity index (χ1v) is 6.11. The number of methoxy groups -OCH3 is 1. The third-order valence-corrected chi connectivity index (χ3v) is 4.18. The van der Waals surface area contributed by atoms with E-state index in [0.29, 0.717) is 17.8 Å². The number of carbonyl (C=O) groups excluding carboxylic acids is 1. The van der Waals surface area contributed by atoms with Crippen molar-refractivity contribution in [3.05, 3.63) is 42.0 Å². The van der Waals surface area contributed by atoms with Crippen LogP contribution in [0.2, 0.25) is 0 Å². The standard InChI is InChI=1S/C15H16O2/c1-17-14-5-3-2-4-12(14)15-11-7-6-10(8-11)13(15)9-16/h2-7,9-11,13,15H,8H2,1H3/t10-,11+,13-,15+/m0/s1. The number of carbonyl (C=O) groups is 1. The van der Waals surface area contributed by atoms with E-state index in [1.807, 2.05) is 18.2 Å². The van der Waals surface area contributed by atoms with Crippen molar-refractivity contribution in [3.63, 3.8) is 0 Å². The quantitative estimate of drug-likeness (QED) is 0.587. The van der Waals surface area contributed by atoms with Crippen LogP contribution in [0.4, 0.5) is 0 Å². The predicted octanol–water partition coefficient (Wildman–Crippen LogP) is 2.80. The number of benzene rings is 1. The number of allylic oxidation sites excluding steroid dienone is 2. The van der Waals surface area contributed by atoms with Crippen molar-refractivity contribution >= 4 is 6.29 Å². The van der Waals surface area contributed by atoms with E-state index in [9.17, 15) is 4.79 Å². The highest BCUT2D eigenvalue weighted by atomic mass is 16.5. The maximum atomic E-state index is 11.3. The molecule has 3 rings (SSSR count). The molecule has 1 saturated carbocycles. The Balaban J connectivity index is 2.03. The van der Waals surface area contributed by atoms with Gasteiger partial charge in [-0.1, -0.05) is 30.4 Å². The highest BCUT2D eigenvalue weighted by molar-refractivity contribution is 5.61. The van der Waals surface area contributed by atoms with Gasteiger partial charge >= 0.3 is 0 Å². The number of para-hydroxylation sites is 1. The summed E-state index contributed by atoms with van der Waals surface area (Å²) in [7, 11) is 1.69. The molecule has 0 amide bonds. The molecule has 0 heterocycles. The summed E-state index contributed by atoms with van der Waals surface area (Å²) in [6, 6.07) is 8.07. The molecular weight excluding hydrogens is 212 g/mol. The molecule has 1 aromatic carbocycles. The second-order valence-electron chi connectivity index (χ2n) is 4.93. The maximum absolute atomic E-state index is 11.3. The number of hydrogen-bond acceptors (Lipinski definition) is 2. The van der Waals surface area contributed by atoms with Gasteiger partial charge in [-0.25, -0.2) is 0 Å². The molecule has 0 aliphatic heterocycles. The van der Waals surface area contributed by atoms with Gasteiger partial charge in [0.25, 0.3) is 0 Å². The van der Waals surface area contributed by atoms with Crippen molar-refractivity contribution in [1.29, 1.82) is 0 Å². The van der Waals surface area contributed by atoms with Crippen LogP contribution < -0.4 is 4.74 Å². The van der Waals surface area contributed by atoms with Crippen LogP contribution in [-0.2, 0) is 4.79 Å². The molecule has 2 bridgehead atoms. The predicted molar refractivity (Wildman–Crippen MR) is 66.0 cm³/mol. The molecule has 1 fully saturated rings. The van der Waals surface area contributed by atoms with Crippen LogP contribution in [0.15, 0.2) is 36.4 Å². The number of hydrogen-bond donors (Lipinski definition) is 0. The lowest BCUT2D eigenvalue weighted by Crippen LogP contribution is -2.19. The van der Waals surface area contributed by atoms with E-state index in [1.165, 1.54) is 5.56 Å². The van der Waals surface area contributed by atoms with Crippen molar-refractivity contribution in [1.82, 2.24) is 0 Å². The lowest BCUT2D eigenvalue weighted by atomic mass is 9.79. The van der Waals surface area contributed by atoms with Gasteiger partial charge in [0.2, 0.25) is 0 Å². The van der Waals surface area contributed by atoms with Crippen molar-refractivity contribution < 1.29 is 9.53 Å². The summed E-state index contributed by atoms with van der Waals surface area (Å²) in [5, 5.41) is 0. The van der Waals surface area contributed by atoms with Gasteiger partial charge in [-0.05, 0) is 29.9 Å². The zero-order valence-electron chi connectivity index (χ0n) is 9.87. The summed E-state index contributed by atoms with van der Waals surface area (Å²) in [6.07, 6.45) is 6.72. The normalized spacial score (nSPS) is 33.9. The SMILES string of the molecule is COc1ccccc1[C@@H]1[C@@H](C=O)[C@H]2C=C[C@@H]1C2. The van der Waals surface area contributed by atoms with Crippen LogP contribution in [0.3, 0.4) is 0 Å². The second kappa shape index (κ2) is 4.02. The molecule has 0 aromatic heterocycles. The van der Waals surface area contributed by atoms with E-state index in [-0.39, 0.29) is 5.92 Å². The molecule has 0 N–H and O–H groups in total. The summed E-state index contributed by atoms with van der Waals surface area (Å²) < 4.78 is 5.42. The van der Waals surface area contributed by atoms with Crippen molar-refractivity contribution in [2.75, 3.05) is 7.11 Å². The monoisotopic (exact) mass is 228 g/mol. The summed E-state index contributed by atoms with van der Waals surface area (Å²) in [5.41, 5.74) is 1.18. The minimum absolute atomic E-state index is 0.126. The summed E-state index contributed by atoms with van der Waals surface area (Å²) >= 11 is 0. The van der Waals surface area contributed by atoms with E-state index >= 15 is 0 Å². The minimum atomic E-state index is 0.126. The zero-order chi connectivity index (χ0) is 11.8. The average Bonchev–Trinajstić information content (AvgIpc) is 2.98. The number of ether oxygens (including phenoxy) is 1. The minimum Gasteiger partial charge on any atom is -0.496 e. The topological polar surface area (TPSA) is 26.3 Å². The van der Waals surface area contributed by atoms with Crippen LogP contribution in [0.1, 0.15) is 17.9 Å². The second-order valence-corrected chi connectivity index (χ2v) is 4.93. The van der Waals surface area contributed by atoms with Gasteiger partial charge in [0, 0.05) is 11.8 Å². The van der Waals surface area contributed by atoms with E-state index in [0.717, 1.165) is 18.5 Å². The van der Waals surface area contributed by atoms with Crippen molar-refractivity contribution in [3.8, 4) is 5.75 Å². The molecule has 0 unspecified atom stereocenters. The number of rotatable bonds is 3.